The normalized spacial score (nSPS) is 12.2. The Labute approximate surface area is 340 Å². The van der Waals surface area contributed by atoms with E-state index in [0.29, 0.717) is 26.1 Å². The molecule has 2 N–H and O–H groups in total. The van der Waals surface area contributed by atoms with E-state index in [2.05, 4.69) is 65.3 Å². The first-order chi connectivity index (χ1) is 26.5. The largest absolute Gasteiger partial charge is 0.445 e. The summed E-state index contributed by atoms with van der Waals surface area (Å²) in [5.41, 5.74) is 0. The average molecular weight is 782 g/mol. The Hall–Kier alpha value is -1.95. The fraction of sp³-hybridized carbons (Fsp3) is 0.932. The van der Waals surface area contributed by atoms with Gasteiger partial charge in [0.05, 0.1) is 0 Å². The molecule has 0 fully saturated rings. The lowest BCUT2D eigenvalue weighted by molar-refractivity contribution is -0.128. The molecule has 0 aromatic heterocycles. The topological polar surface area (TPSA) is 101 Å². The van der Waals surface area contributed by atoms with Gasteiger partial charge in [-0.1, -0.05) is 110 Å². The number of unbranched alkanes of at least 4 members (excludes halogenated alkanes) is 17. The maximum Gasteiger partial charge on any atom is 0.407 e. The highest BCUT2D eigenvalue weighted by atomic mass is 16.6. The summed E-state index contributed by atoms with van der Waals surface area (Å²) in [5.74, 6) is -0.0292. The lowest BCUT2D eigenvalue weighted by atomic mass is 10.1. The second-order valence-electron chi connectivity index (χ2n) is 16.8. The Morgan fingerprint density at radius 1 is 0.491 bits per heavy atom. The first-order valence-electron chi connectivity index (χ1n) is 22.6. The van der Waals surface area contributed by atoms with Crippen LogP contribution >= 0.6 is 0 Å². The molecular formula is C44H91N7O4. The Bertz CT molecular complexity index is 891. The third-order valence-electron chi connectivity index (χ3n) is 10.2. The molecule has 0 rings (SSSR count). The van der Waals surface area contributed by atoms with Crippen LogP contribution in [0.1, 0.15) is 162 Å². The number of alkyl carbamates (subject to hydrolysis) is 1. The molecule has 0 spiro atoms. The molecule has 0 aliphatic heterocycles. The van der Waals surface area contributed by atoms with Gasteiger partial charge >= 0.3 is 12.1 Å². The minimum Gasteiger partial charge on any atom is -0.445 e. The van der Waals surface area contributed by atoms with Gasteiger partial charge in [-0.3, -0.25) is 14.6 Å². The number of amides is 4. The molecule has 326 valence electrons. The monoisotopic (exact) mass is 782 g/mol. The van der Waals surface area contributed by atoms with Crippen LogP contribution in [0.4, 0.5) is 9.59 Å². The van der Waals surface area contributed by atoms with Crippen molar-refractivity contribution in [2.24, 2.45) is 0 Å². The predicted molar refractivity (Wildman–Crippen MR) is 233 cm³/mol. The number of carbonyl (C=O) groups is 3. The number of rotatable bonds is 38. The first kappa shape index (κ1) is 53.0. The zero-order valence-corrected chi connectivity index (χ0v) is 37.6. The predicted octanol–water partition coefficient (Wildman–Crippen LogP) is 8.62. The number of imide groups is 1. The molecular weight excluding hydrogens is 691 g/mol. The van der Waals surface area contributed by atoms with Crippen molar-refractivity contribution in [3.63, 3.8) is 0 Å². The van der Waals surface area contributed by atoms with Crippen molar-refractivity contribution in [2.45, 2.75) is 168 Å². The van der Waals surface area contributed by atoms with Gasteiger partial charge in [-0.2, -0.15) is 0 Å². The van der Waals surface area contributed by atoms with E-state index in [9.17, 15) is 14.4 Å². The first-order valence-corrected chi connectivity index (χ1v) is 22.6. The van der Waals surface area contributed by atoms with Gasteiger partial charge in [0.25, 0.3) is 0 Å². The molecule has 11 nitrogen and oxygen atoms in total. The molecule has 1 unspecified atom stereocenters. The number of nitrogens with one attached hydrogen (secondary N) is 2. The molecule has 0 heterocycles. The zero-order chi connectivity index (χ0) is 40.9. The quantitative estimate of drug-likeness (QED) is 0.0601. The van der Waals surface area contributed by atoms with Gasteiger partial charge in [0, 0.05) is 32.6 Å². The van der Waals surface area contributed by atoms with Crippen LogP contribution in [0.25, 0.3) is 0 Å². The van der Waals surface area contributed by atoms with E-state index in [4.69, 9.17) is 4.74 Å². The molecule has 0 saturated heterocycles. The van der Waals surface area contributed by atoms with Crippen molar-refractivity contribution in [2.75, 3.05) is 101 Å². The van der Waals surface area contributed by atoms with Crippen LogP contribution in [0.5, 0.6) is 0 Å². The summed E-state index contributed by atoms with van der Waals surface area (Å²) < 4.78 is 5.68. The van der Waals surface area contributed by atoms with E-state index in [1.165, 1.54) is 88.4 Å². The molecule has 0 radical (unpaired) electrons. The third-order valence-corrected chi connectivity index (χ3v) is 10.2. The zero-order valence-electron chi connectivity index (χ0n) is 37.6. The van der Waals surface area contributed by atoms with Gasteiger partial charge in [0.1, 0.15) is 6.10 Å². The van der Waals surface area contributed by atoms with Crippen LogP contribution in [0, 0.1) is 0 Å². The van der Waals surface area contributed by atoms with Gasteiger partial charge in [0.2, 0.25) is 5.91 Å². The summed E-state index contributed by atoms with van der Waals surface area (Å²) in [6.07, 6.45) is 25.4. The van der Waals surface area contributed by atoms with Gasteiger partial charge < -0.3 is 30.1 Å². The summed E-state index contributed by atoms with van der Waals surface area (Å²) >= 11 is 0. The maximum atomic E-state index is 13.0. The van der Waals surface area contributed by atoms with E-state index in [1.807, 2.05) is 21.0 Å². The van der Waals surface area contributed by atoms with E-state index in [0.717, 1.165) is 97.1 Å². The van der Waals surface area contributed by atoms with Crippen LogP contribution in [-0.4, -0.2) is 150 Å². The van der Waals surface area contributed by atoms with Crippen LogP contribution < -0.4 is 10.6 Å². The number of urea groups is 1. The number of nitrogens with zero attached hydrogens (tertiary/aromatic N) is 5. The molecule has 1 atom stereocenters. The average Bonchev–Trinajstić information content (AvgIpc) is 3.12. The molecule has 11 heteroatoms. The van der Waals surface area contributed by atoms with Crippen LogP contribution in [-0.2, 0) is 9.53 Å². The van der Waals surface area contributed by atoms with E-state index < -0.39 is 0 Å². The number of hydrogen-bond acceptors (Lipinski definition) is 8. The highest BCUT2D eigenvalue weighted by molar-refractivity contribution is 5.94. The van der Waals surface area contributed by atoms with Crippen LogP contribution in [0.3, 0.4) is 0 Å². The Morgan fingerprint density at radius 2 is 0.891 bits per heavy atom. The molecule has 0 aromatic rings. The smallest absolute Gasteiger partial charge is 0.407 e. The van der Waals surface area contributed by atoms with Gasteiger partial charge in [0.15, 0.2) is 0 Å². The molecule has 0 aromatic carbocycles. The summed E-state index contributed by atoms with van der Waals surface area (Å²) in [4.78, 5) is 48.8. The van der Waals surface area contributed by atoms with E-state index in [-0.39, 0.29) is 24.1 Å². The van der Waals surface area contributed by atoms with Crippen LogP contribution in [0.2, 0.25) is 0 Å². The van der Waals surface area contributed by atoms with Crippen molar-refractivity contribution >= 4 is 18.0 Å². The fourth-order valence-electron chi connectivity index (χ4n) is 6.89. The molecule has 4 amide bonds. The Kier molecular flexibility index (Phi) is 36.3. The van der Waals surface area contributed by atoms with Crippen molar-refractivity contribution in [3.8, 4) is 0 Å². The van der Waals surface area contributed by atoms with Gasteiger partial charge in [-0.25, -0.2) is 9.59 Å². The number of ether oxygens (including phenoxy) is 1. The van der Waals surface area contributed by atoms with E-state index >= 15 is 0 Å². The minimum absolute atomic E-state index is 0.0292. The highest BCUT2D eigenvalue weighted by Crippen LogP contribution is 2.13. The second kappa shape index (κ2) is 37.6. The maximum absolute atomic E-state index is 13.0. The number of hydrogen-bond donors (Lipinski definition) is 2. The molecule has 0 bridgehead atoms. The summed E-state index contributed by atoms with van der Waals surface area (Å²) in [5, 5.41) is 5.98. The third kappa shape index (κ3) is 36.2. The highest BCUT2D eigenvalue weighted by Gasteiger charge is 2.20. The molecule has 0 aliphatic carbocycles. The molecule has 0 aliphatic rings. The van der Waals surface area contributed by atoms with Crippen molar-refractivity contribution < 1.29 is 19.1 Å². The standard InChI is InChI=1S/C44H91N7O4/c1-9-10-11-12-13-16-19-22-25-31-42(52)51(39-30-36-49(7)8)43(53)45-32-26-23-20-17-14-15-18-21-24-27-33-46-44(54)55-41(2)40-50(37-28-34-47(3)4)38-29-35-48(5)6/h41H,9-40H2,1-8H3,(H,45,53)(H,46,54). The minimum atomic E-state index is -0.302. The summed E-state index contributed by atoms with van der Waals surface area (Å²) in [7, 11) is 12.5. The van der Waals surface area contributed by atoms with Crippen molar-refractivity contribution in [3.05, 3.63) is 0 Å². The molecule has 55 heavy (non-hydrogen) atoms. The van der Waals surface area contributed by atoms with Gasteiger partial charge in [-0.15, -0.1) is 0 Å². The summed E-state index contributed by atoms with van der Waals surface area (Å²) in [6, 6.07) is -0.221. The van der Waals surface area contributed by atoms with Crippen molar-refractivity contribution in [1.82, 2.24) is 35.1 Å². The number of carbonyl (C=O) groups excluding carboxylic acids is 3. The second-order valence-corrected chi connectivity index (χ2v) is 16.8. The van der Waals surface area contributed by atoms with Crippen molar-refractivity contribution in [1.29, 1.82) is 0 Å². The SMILES string of the molecule is CCCCCCCCCCCC(=O)N(CCCN(C)C)C(=O)NCCCCCCCCCCCCNC(=O)OC(C)CN(CCCN(C)C)CCCN(C)C. The van der Waals surface area contributed by atoms with E-state index in [1.54, 1.807) is 0 Å². The van der Waals surface area contributed by atoms with Gasteiger partial charge in [-0.05, 0) is 120 Å². The Morgan fingerprint density at radius 3 is 1.35 bits per heavy atom. The van der Waals surface area contributed by atoms with Crippen LogP contribution in [0.15, 0.2) is 0 Å². The fourth-order valence-corrected chi connectivity index (χ4v) is 6.89. The molecule has 0 saturated carbocycles. The lowest BCUT2D eigenvalue weighted by Gasteiger charge is -2.26. The Balaban J connectivity index is 4.03. The summed E-state index contributed by atoms with van der Waals surface area (Å²) in [6.45, 7) is 11.8. The lowest BCUT2D eigenvalue weighted by Crippen LogP contribution is -2.45.